The maximum atomic E-state index is 11.8. The van der Waals surface area contributed by atoms with Gasteiger partial charge in [0, 0.05) is 12.6 Å². The number of piperidine rings is 1. The Morgan fingerprint density at radius 2 is 2.11 bits per heavy atom. The number of β-amino-alcohol motifs (C(OH)–C–C–N with tert-alkyl or cyclic N) is 1. The summed E-state index contributed by atoms with van der Waals surface area (Å²) in [5, 5.41) is 9.55. The van der Waals surface area contributed by atoms with E-state index < -0.39 is 12.2 Å². The molecule has 0 bridgehead atoms. The van der Waals surface area contributed by atoms with E-state index in [1.165, 1.54) is 4.90 Å². The second kappa shape index (κ2) is 5.84. The van der Waals surface area contributed by atoms with Crippen molar-refractivity contribution in [2.45, 2.75) is 25.2 Å². The smallest absolute Gasteiger partial charge is 0.410 e. The minimum atomic E-state index is -0.557. The van der Waals surface area contributed by atoms with E-state index >= 15 is 0 Å². The Morgan fingerprint density at radius 3 is 2.78 bits per heavy atom. The van der Waals surface area contributed by atoms with E-state index in [0.717, 1.165) is 5.56 Å². The highest BCUT2D eigenvalue weighted by molar-refractivity contribution is 5.67. The van der Waals surface area contributed by atoms with Crippen LogP contribution in [0.15, 0.2) is 30.3 Å². The number of carbonyl (C=O) groups is 1. The first-order chi connectivity index (χ1) is 8.65. The van der Waals surface area contributed by atoms with Gasteiger partial charge in [-0.2, -0.15) is 0 Å². The molecule has 1 amide bonds. The van der Waals surface area contributed by atoms with E-state index in [4.69, 9.17) is 10.5 Å². The molecule has 1 aliphatic heterocycles. The normalized spacial score (nSPS) is 23.8. The lowest BCUT2D eigenvalue weighted by Crippen LogP contribution is -2.51. The van der Waals surface area contributed by atoms with Crippen molar-refractivity contribution in [3.05, 3.63) is 35.9 Å². The summed E-state index contributed by atoms with van der Waals surface area (Å²) in [6, 6.07) is 9.30. The minimum Gasteiger partial charge on any atom is -0.445 e. The van der Waals surface area contributed by atoms with Gasteiger partial charge in [0.1, 0.15) is 6.61 Å². The molecular formula is C13H18N2O3. The van der Waals surface area contributed by atoms with Gasteiger partial charge >= 0.3 is 6.09 Å². The number of aliphatic hydroxyl groups excluding tert-OH is 1. The highest BCUT2D eigenvalue weighted by Gasteiger charge is 2.27. The summed E-state index contributed by atoms with van der Waals surface area (Å²) in [7, 11) is 0. The Morgan fingerprint density at radius 1 is 1.39 bits per heavy atom. The molecule has 0 aromatic heterocycles. The fourth-order valence-electron chi connectivity index (χ4n) is 2.07. The highest BCUT2D eigenvalue weighted by atomic mass is 16.6. The first-order valence-corrected chi connectivity index (χ1v) is 6.04. The van der Waals surface area contributed by atoms with Crippen LogP contribution in [0.25, 0.3) is 0 Å². The fourth-order valence-corrected chi connectivity index (χ4v) is 2.07. The zero-order valence-electron chi connectivity index (χ0n) is 10.2. The molecule has 1 fully saturated rings. The van der Waals surface area contributed by atoms with Gasteiger partial charge in [-0.15, -0.1) is 0 Å². The molecule has 0 unspecified atom stereocenters. The number of hydrogen-bond donors (Lipinski definition) is 2. The summed E-state index contributed by atoms with van der Waals surface area (Å²) in [5.74, 6) is 0. The Labute approximate surface area is 106 Å². The van der Waals surface area contributed by atoms with Gasteiger partial charge in [0.05, 0.1) is 12.6 Å². The zero-order chi connectivity index (χ0) is 13.0. The average Bonchev–Trinajstić information content (AvgIpc) is 2.36. The lowest BCUT2D eigenvalue weighted by atomic mass is 10.0. The quantitative estimate of drug-likeness (QED) is 0.811. The number of likely N-dealkylation sites (tertiary alicyclic amines) is 1. The Kier molecular flexibility index (Phi) is 4.17. The van der Waals surface area contributed by atoms with E-state index in [0.29, 0.717) is 19.5 Å². The van der Waals surface area contributed by atoms with E-state index in [2.05, 4.69) is 0 Å². The predicted octanol–water partition coefficient (Wildman–Crippen LogP) is 0.717. The van der Waals surface area contributed by atoms with Crippen molar-refractivity contribution in [2.24, 2.45) is 5.73 Å². The van der Waals surface area contributed by atoms with Crippen LogP contribution in [0.2, 0.25) is 0 Å². The third-order valence-electron chi connectivity index (χ3n) is 2.92. The molecule has 5 nitrogen and oxygen atoms in total. The summed E-state index contributed by atoms with van der Waals surface area (Å²) in [6.45, 7) is 0.966. The molecule has 2 atom stereocenters. The molecule has 3 N–H and O–H groups in total. The fraction of sp³-hybridized carbons (Fsp3) is 0.462. The molecule has 1 aliphatic rings. The molecule has 0 aliphatic carbocycles. The van der Waals surface area contributed by atoms with E-state index in [1.54, 1.807) is 0 Å². The molecular weight excluding hydrogens is 232 g/mol. The van der Waals surface area contributed by atoms with Gasteiger partial charge in [0.15, 0.2) is 0 Å². The van der Waals surface area contributed by atoms with E-state index in [9.17, 15) is 9.90 Å². The zero-order valence-corrected chi connectivity index (χ0v) is 10.2. The maximum absolute atomic E-state index is 11.8. The molecule has 98 valence electrons. The van der Waals surface area contributed by atoms with Crippen LogP contribution in [0.4, 0.5) is 4.79 Å². The van der Waals surface area contributed by atoms with E-state index in [1.807, 2.05) is 30.3 Å². The standard InChI is InChI=1S/C13H18N2O3/c14-11-6-12(16)8-15(7-11)13(17)18-9-10-4-2-1-3-5-10/h1-5,11-12,16H,6-9,14H2/t11-,12+/m1/s1. The number of carbonyl (C=O) groups excluding carboxylic acids is 1. The first-order valence-electron chi connectivity index (χ1n) is 6.04. The first kappa shape index (κ1) is 12.9. The van der Waals surface area contributed by atoms with Crippen LogP contribution in [-0.2, 0) is 11.3 Å². The molecule has 0 spiro atoms. The van der Waals surface area contributed by atoms with Crippen LogP contribution < -0.4 is 5.73 Å². The lowest BCUT2D eigenvalue weighted by molar-refractivity contribution is 0.0395. The summed E-state index contributed by atoms with van der Waals surface area (Å²) in [4.78, 5) is 13.3. The maximum Gasteiger partial charge on any atom is 0.410 e. The van der Waals surface area contributed by atoms with Gasteiger partial charge in [-0.05, 0) is 12.0 Å². The molecule has 1 aromatic rings. The van der Waals surface area contributed by atoms with Gasteiger partial charge < -0.3 is 20.5 Å². The van der Waals surface area contributed by atoms with Crippen molar-refractivity contribution in [3.8, 4) is 0 Å². The molecule has 0 saturated carbocycles. The van der Waals surface area contributed by atoms with Crippen molar-refractivity contribution < 1.29 is 14.6 Å². The largest absolute Gasteiger partial charge is 0.445 e. The van der Waals surface area contributed by atoms with Crippen molar-refractivity contribution in [3.63, 3.8) is 0 Å². The van der Waals surface area contributed by atoms with Gasteiger partial charge in [-0.3, -0.25) is 0 Å². The van der Waals surface area contributed by atoms with Gasteiger partial charge in [-0.25, -0.2) is 4.79 Å². The molecule has 1 aromatic carbocycles. The predicted molar refractivity (Wildman–Crippen MR) is 66.8 cm³/mol. The third kappa shape index (κ3) is 3.45. The topological polar surface area (TPSA) is 75.8 Å². The lowest BCUT2D eigenvalue weighted by Gasteiger charge is -2.33. The van der Waals surface area contributed by atoms with Gasteiger partial charge in [0.25, 0.3) is 0 Å². The molecule has 1 heterocycles. The van der Waals surface area contributed by atoms with Crippen molar-refractivity contribution >= 4 is 6.09 Å². The third-order valence-corrected chi connectivity index (χ3v) is 2.92. The molecule has 0 radical (unpaired) electrons. The molecule has 18 heavy (non-hydrogen) atoms. The van der Waals surface area contributed by atoms with E-state index in [-0.39, 0.29) is 12.6 Å². The Bertz CT molecular complexity index is 386. The molecule has 2 rings (SSSR count). The Hall–Kier alpha value is -1.59. The van der Waals surface area contributed by atoms with Crippen LogP contribution in [0, 0.1) is 0 Å². The number of hydrogen-bond acceptors (Lipinski definition) is 4. The van der Waals surface area contributed by atoms with Crippen molar-refractivity contribution in [2.75, 3.05) is 13.1 Å². The number of amides is 1. The average molecular weight is 250 g/mol. The van der Waals surface area contributed by atoms with Crippen LogP contribution in [0.3, 0.4) is 0 Å². The monoisotopic (exact) mass is 250 g/mol. The number of rotatable bonds is 2. The van der Waals surface area contributed by atoms with Crippen LogP contribution in [0.5, 0.6) is 0 Å². The van der Waals surface area contributed by atoms with Crippen LogP contribution in [0.1, 0.15) is 12.0 Å². The molecule has 1 saturated heterocycles. The summed E-state index contributed by atoms with van der Waals surface area (Å²) in [6.07, 6.45) is -0.450. The second-order valence-corrected chi connectivity index (χ2v) is 4.59. The van der Waals surface area contributed by atoms with Crippen molar-refractivity contribution in [1.29, 1.82) is 0 Å². The summed E-state index contributed by atoms with van der Waals surface area (Å²) >= 11 is 0. The van der Waals surface area contributed by atoms with Gasteiger partial charge in [0.2, 0.25) is 0 Å². The van der Waals surface area contributed by atoms with Crippen molar-refractivity contribution in [1.82, 2.24) is 4.90 Å². The van der Waals surface area contributed by atoms with Crippen LogP contribution >= 0.6 is 0 Å². The Balaban J connectivity index is 1.84. The number of benzene rings is 1. The summed E-state index contributed by atoms with van der Waals surface area (Å²) < 4.78 is 5.18. The number of nitrogens with two attached hydrogens (primary N) is 1. The highest BCUT2D eigenvalue weighted by Crippen LogP contribution is 2.11. The van der Waals surface area contributed by atoms with Gasteiger partial charge in [-0.1, -0.05) is 30.3 Å². The summed E-state index contributed by atoms with van der Waals surface area (Å²) in [5.41, 5.74) is 6.69. The second-order valence-electron chi connectivity index (χ2n) is 4.59. The minimum absolute atomic E-state index is 0.182. The number of ether oxygens (including phenoxy) is 1. The van der Waals surface area contributed by atoms with Crippen LogP contribution in [-0.4, -0.2) is 41.3 Å². The molecule has 5 heteroatoms. The number of aliphatic hydroxyl groups is 1. The SMILES string of the molecule is N[C@@H]1C[C@H](O)CN(C(=O)OCc2ccccc2)C1. The number of nitrogens with zero attached hydrogens (tertiary/aromatic N) is 1.